The Morgan fingerprint density at radius 2 is 1.96 bits per heavy atom. The van der Waals surface area contributed by atoms with Crippen molar-refractivity contribution in [2.24, 2.45) is 0 Å². The number of methoxy groups -OCH3 is 1. The average molecular weight is 379 g/mol. The van der Waals surface area contributed by atoms with Crippen molar-refractivity contribution in [1.29, 1.82) is 0 Å². The highest BCUT2D eigenvalue weighted by molar-refractivity contribution is 6.32. The SMILES string of the molecule is COCCOc1ccc(CNC(=O)c2cnc(OC(C)C)c(Cl)c2)cc1. The molecule has 1 amide bonds. The van der Waals surface area contributed by atoms with E-state index >= 15 is 0 Å². The van der Waals surface area contributed by atoms with Gasteiger partial charge in [0.1, 0.15) is 17.4 Å². The Bertz CT molecular complexity index is 720. The molecule has 7 heteroatoms. The van der Waals surface area contributed by atoms with Gasteiger partial charge in [-0.15, -0.1) is 0 Å². The summed E-state index contributed by atoms with van der Waals surface area (Å²) in [4.78, 5) is 16.4. The summed E-state index contributed by atoms with van der Waals surface area (Å²) >= 11 is 6.11. The number of amides is 1. The topological polar surface area (TPSA) is 69.7 Å². The first kappa shape index (κ1) is 20.0. The summed E-state index contributed by atoms with van der Waals surface area (Å²) in [5.74, 6) is 0.826. The van der Waals surface area contributed by atoms with Gasteiger partial charge in [-0.25, -0.2) is 4.98 Å². The van der Waals surface area contributed by atoms with Crippen molar-refractivity contribution in [3.63, 3.8) is 0 Å². The molecular weight excluding hydrogens is 356 g/mol. The van der Waals surface area contributed by atoms with Crippen LogP contribution in [-0.2, 0) is 11.3 Å². The fraction of sp³-hybridized carbons (Fsp3) is 0.368. The molecule has 0 atom stereocenters. The standard InChI is InChI=1S/C19H23ClN2O4/c1-13(2)26-19-17(20)10-15(12-22-19)18(23)21-11-14-4-6-16(7-5-14)25-9-8-24-3/h4-7,10,12-13H,8-9,11H2,1-3H3,(H,21,23). The number of carbonyl (C=O) groups is 1. The van der Waals surface area contributed by atoms with E-state index in [1.807, 2.05) is 38.1 Å². The summed E-state index contributed by atoms with van der Waals surface area (Å²) in [7, 11) is 1.63. The lowest BCUT2D eigenvalue weighted by atomic mass is 10.2. The molecule has 0 unspecified atom stereocenters. The Morgan fingerprint density at radius 3 is 2.58 bits per heavy atom. The third kappa shape index (κ3) is 6.20. The maximum Gasteiger partial charge on any atom is 0.253 e. The third-order valence-electron chi connectivity index (χ3n) is 3.35. The third-order valence-corrected chi connectivity index (χ3v) is 3.62. The number of pyridine rings is 1. The molecule has 0 saturated heterocycles. The van der Waals surface area contributed by atoms with E-state index in [2.05, 4.69) is 10.3 Å². The van der Waals surface area contributed by atoms with E-state index in [0.29, 0.717) is 36.2 Å². The van der Waals surface area contributed by atoms with Crippen LogP contribution in [0.3, 0.4) is 0 Å². The Hall–Kier alpha value is -2.31. The van der Waals surface area contributed by atoms with Crippen LogP contribution in [-0.4, -0.2) is 37.3 Å². The van der Waals surface area contributed by atoms with Crippen LogP contribution in [0.1, 0.15) is 29.8 Å². The van der Waals surface area contributed by atoms with Gasteiger partial charge in [-0.3, -0.25) is 4.79 Å². The lowest BCUT2D eigenvalue weighted by molar-refractivity contribution is 0.0950. The lowest BCUT2D eigenvalue weighted by Gasteiger charge is -2.11. The number of carbonyl (C=O) groups excluding carboxylic acids is 1. The lowest BCUT2D eigenvalue weighted by Crippen LogP contribution is -2.23. The molecule has 2 aromatic rings. The van der Waals surface area contributed by atoms with Crippen LogP contribution in [0.4, 0.5) is 0 Å². The Kier molecular flexibility index (Phi) is 7.69. The monoisotopic (exact) mass is 378 g/mol. The molecule has 0 aliphatic rings. The number of ether oxygens (including phenoxy) is 3. The molecule has 0 aliphatic heterocycles. The zero-order valence-electron chi connectivity index (χ0n) is 15.1. The highest BCUT2D eigenvalue weighted by Gasteiger charge is 2.11. The van der Waals surface area contributed by atoms with Crippen molar-refractivity contribution in [1.82, 2.24) is 10.3 Å². The van der Waals surface area contributed by atoms with Gasteiger partial charge in [-0.2, -0.15) is 0 Å². The molecule has 140 valence electrons. The first-order valence-electron chi connectivity index (χ1n) is 8.30. The van der Waals surface area contributed by atoms with Crippen LogP contribution in [0.25, 0.3) is 0 Å². The second-order valence-electron chi connectivity index (χ2n) is 5.85. The predicted molar refractivity (Wildman–Crippen MR) is 100.0 cm³/mol. The maximum atomic E-state index is 12.3. The summed E-state index contributed by atoms with van der Waals surface area (Å²) in [5.41, 5.74) is 1.34. The highest BCUT2D eigenvalue weighted by Crippen LogP contribution is 2.23. The summed E-state index contributed by atoms with van der Waals surface area (Å²) in [6, 6.07) is 9.05. The summed E-state index contributed by atoms with van der Waals surface area (Å²) in [6.45, 7) is 5.18. The van der Waals surface area contributed by atoms with Crippen molar-refractivity contribution in [2.45, 2.75) is 26.5 Å². The molecule has 0 spiro atoms. The molecule has 0 radical (unpaired) electrons. The minimum absolute atomic E-state index is 0.0406. The molecule has 0 bridgehead atoms. The molecule has 0 aliphatic carbocycles. The zero-order valence-corrected chi connectivity index (χ0v) is 15.9. The summed E-state index contributed by atoms with van der Waals surface area (Å²) < 4.78 is 15.9. The molecule has 1 aromatic carbocycles. The Morgan fingerprint density at radius 1 is 1.23 bits per heavy atom. The molecule has 1 heterocycles. The molecule has 1 aromatic heterocycles. The molecule has 1 N–H and O–H groups in total. The molecule has 0 saturated carbocycles. The van der Waals surface area contributed by atoms with Gasteiger partial charge in [0, 0.05) is 19.9 Å². The number of hydrogen-bond acceptors (Lipinski definition) is 5. The molecule has 2 rings (SSSR count). The van der Waals surface area contributed by atoms with E-state index in [9.17, 15) is 4.79 Å². The van der Waals surface area contributed by atoms with E-state index in [-0.39, 0.29) is 12.0 Å². The first-order chi connectivity index (χ1) is 12.5. The molecule has 6 nitrogen and oxygen atoms in total. The second kappa shape index (κ2) is 9.99. The highest BCUT2D eigenvalue weighted by atomic mass is 35.5. The molecular formula is C19H23ClN2O4. The molecule has 0 fully saturated rings. The number of nitrogens with zero attached hydrogens (tertiary/aromatic N) is 1. The van der Waals surface area contributed by atoms with Gasteiger partial charge in [0.25, 0.3) is 5.91 Å². The van der Waals surface area contributed by atoms with Gasteiger partial charge >= 0.3 is 0 Å². The Balaban J connectivity index is 1.89. The number of benzene rings is 1. The average Bonchev–Trinajstić information content (AvgIpc) is 2.62. The van der Waals surface area contributed by atoms with Crippen molar-refractivity contribution < 1.29 is 19.0 Å². The quantitative estimate of drug-likeness (QED) is 0.676. The molecule has 26 heavy (non-hydrogen) atoms. The van der Waals surface area contributed by atoms with Crippen molar-refractivity contribution in [3.05, 3.63) is 52.7 Å². The number of rotatable bonds is 9. The van der Waals surface area contributed by atoms with E-state index in [4.69, 9.17) is 25.8 Å². The number of halogens is 1. The van der Waals surface area contributed by atoms with Gasteiger partial charge in [-0.1, -0.05) is 23.7 Å². The first-order valence-corrected chi connectivity index (χ1v) is 8.68. The number of aromatic nitrogens is 1. The minimum atomic E-state index is -0.254. The van der Waals surface area contributed by atoms with E-state index in [1.54, 1.807) is 13.2 Å². The van der Waals surface area contributed by atoms with Crippen LogP contribution in [0.15, 0.2) is 36.5 Å². The second-order valence-corrected chi connectivity index (χ2v) is 6.25. The normalized spacial score (nSPS) is 10.7. The van der Waals surface area contributed by atoms with Crippen molar-refractivity contribution in [3.8, 4) is 11.6 Å². The van der Waals surface area contributed by atoms with Crippen LogP contribution in [0, 0.1) is 0 Å². The number of hydrogen-bond donors (Lipinski definition) is 1. The van der Waals surface area contributed by atoms with Crippen molar-refractivity contribution >= 4 is 17.5 Å². The predicted octanol–water partition coefficient (Wildman–Crippen LogP) is 3.48. The largest absolute Gasteiger partial charge is 0.491 e. The van der Waals surface area contributed by atoms with Gasteiger partial charge in [0.2, 0.25) is 5.88 Å². The van der Waals surface area contributed by atoms with Crippen LogP contribution >= 0.6 is 11.6 Å². The van der Waals surface area contributed by atoms with Gasteiger partial charge in [-0.05, 0) is 37.6 Å². The van der Waals surface area contributed by atoms with Gasteiger partial charge in [0.05, 0.1) is 18.3 Å². The van der Waals surface area contributed by atoms with Gasteiger partial charge < -0.3 is 19.5 Å². The summed E-state index contributed by atoms with van der Waals surface area (Å²) in [5, 5.41) is 3.14. The zero-order chi connectivity index (χ0) is 18.9. The minimum Gasteiger partial charge on any atom is -0.491 e. The van der Waals surface area contributed by atoms with E-state index in [0.717, 1.165) is 11.3 Å². The van der Waals surface area contributed by atoms with Gasteiger partial charge in [0.15, 0.2) is 0 Å². The maximum absolute atomic E-state index is 12.3. The Labute approximate surface area is 158 Å². The van der Waals surface area contributed by atoms with E-state index < -0.39 is 0 Å². The fourth-order valence-electron chi connectivity index (χ4n) is 2.09. The smallest absolute Gasteiger partial charge is 0.253 e. The number of nitrogens with one attached hydrogen (secondary N) is 1. The van der Waals surface area contributed by atoms with E-state index in [1.165, 1.54) is 6.20 Å². The van der Waals surface area contributed by atoms with Crippen molar-refractivity contribution in [2.75, 3.05) is 20.3 Å². The van der Waals surface area contributed by atoms with Crippen LogP contribution < -0.4 is 14.8 Å². The van der Waals surface area contributed by atoms with Crippen LogP contribution in [0.2, 0.25) is 5.02 Å². The fourth-order valence-corrected chi connectivity index (χ4v) is 2.30. The van der Waals surface area contributed by atoms with Crippen LogP contribution in [0.5, 0.6) is 11.6 Å². The summed E-state index contributed by atoms with van der Waals surface area (Å²) in [6.07, 6.45) is 1.41.